The molecule has 0 amide bonds. The summed E-state index contributed by atoms with van der Waals surface area (Å²) in [4.78, 5) is 8.06. The maximum absolute atomic E-state index is 12.0. The summed E-state index contributed by atoms with van der Waals surface area (Å²) in [6.45, 7) is 4.61. The fourth-order valence-electron chi connectivity index (χ4n) is 1.93. The molecule has 2 N–H and O–H groups in total. The first-order valence-corrected chi connectivity index (χ1v) is 8.78. The molecule has 1 atom stereocenters. The summed E-state index contributed by atoms with van der Waals surface area (Å²) in [5.74, 6) is 1.36. The number of hydrogen-bond acceptors (Lipinski definition) is 7. The number of anilines is 1. The highest BCUT2D eigenvalue weighted by atomic mass is 79.9. The van der Waals surface area contributed by atoms with E-state index in [1.54, 1.807) is 0 Å². The van der Waals surface area contributed by atoms with Gasteiger partial charge in [0.05, 0.1) is 6.61 Å². The van der Waals surface area contributed by atoms with Crippen molar-refractivity contribution in [3.05, 3.63) is 10.8 Å². The van der Waals surface area contributed by atoms with Crippen molar-refractivity contribution >= 4 is 33.3 Å². The zero-order valence-electron chi connectivity index (χ0n) is 11.8. The van der Waals surface area contributed by atoms with E-state index >= 15 is 0 Å². The molecule has 0 spiro atoms. The molecule has 0 saturated carbocycles. The first kappa shape index (κ1) is 16.8. The molecule has 0 bridgehead atoms. The summed E-state index contributed by atoms with van der Waals surface area (Å²) in [6, 6.07) is 0. The molecular formula is C12H19BrN4O3S. The lowest BCUT2D eigenvalue weighted by atomic mass is 10.0. The first-order chi connectivity index (χ1) is 10.2. The molecule has 0 aliphatic carbocycles. The highest BCUT2D eigenvalue weighted by Crippen LogP contribution is 2.28. The smallest absolute Gasteiger partial charge is 0.233 e. The Bertz CT molecular complexity index is 449. The molecule has 0 radical (unpaired) electrons. The fourth-order valence-corrected chi connectivity index (χ4v) is 3.27. The van der Waals surface area contributed by atoms with Gasteiger partial charge in [-0.2, -0.15) is 4.72 Å². The maximum atomic E-state index is 12.0. The van der Waals surface area contributed by atoms with Crippen LogP contribution in [0.5, 0.6) is 5.88 Å². The fraction of sp³-hybridized carbons (Fsp3) is 0.667. The van der Waals surface area contributed by atoms with Crippen LogP contribution in [0.2, 0.25) is 0 Å². The number of rotatable bonds is 7. The number of hydrogen-bond donors (Lipinski definition) is 2. The molecule has 9 heteroatoms. The van der Waals surface area contributed by atoms with Gasteiger partial charge < -0.3 is 14.0 Å². The van der Waals surface area contributed by atoms with Crippen molar-refractivity contribution in [3.8, 4) is 5.88 Å². The Morgan fingerprint density at radius 1 is 1.48 bits per heavy atom. The van der Waals surface area contributed by atoms with Gasteiger partial charge >= 0.3 is 0 Å². The molecule has 21 heavy (non-hydrogen) atoms. The van der Waals surface area contributed by atoms with E-state index < -0.39 is 11.5 Å². The van der Waals surface area contributed by atoms with Gasteiger partial charge in [-0.05, 0) is 41.6 Å². The van der Waals surface area contributed by atoms with Gasteiger partial charge in [-0.25, -0.2) is 9.97 Å². The monoisotopic (exact) mass is 378 g/mol. The van der Waals surface area contributed by atoms with Crippen molar-refractivity contribution in [2.24, 2.45) is 5.92 Å². The van der Waals surface area contributed by atoms with Crippen molar-refractivity contribution in [1.82, 2.24) is 14.7 Å². The van der Waals surface area contributed by atoms with Crippen LogP contribution >= 0.6 is 15.9 Å². The predicted molar refractivity (Wildman–Crippen MR) is 84.2 cm³/mol. The van der Waals surface area contributed by atoms with Gasteiger partial charge in [0.15, 0.2) is 17.4 Å². The van der Waals surface area contributed by atoms with E-state index in [4.69, 9.17) is 9.47 Å². The molecule has 1 fully saturated rings. The van der Waals surface area contributed by atoms with Crippen LogP contribution in [0.3, 0.4) is 0 Å². The minimum Gasteiger partial charge on any atom is -0.574 e. The van der Waals surface area contributed by atoms with Crippen LogP contribution in [0, 0.1) is 5.92 Å². The topological polar surface area (TPSA) is 91.4 Å². The average molecular weight is 379 g/mol. The number of nitrogens with zero attached hydrogens (tertiary/aromatic N) is 2. The second-order valence-electron chi connectivity index (χ2n) is 4.55. The predicted octanol–water partition coefficient (Wildman–Crippen LogP) is 1.64. The van der Waals surface area contributed by atoms with E-state index in [0.717, 1.165) is 26.1 Å². The third-order valence-electron chi connectivity index (χ3n) is 3.07. The minimum absolute atomic E-state index is 0.427. The Morgan fingerprint density at radius 2 is 2.24 bits per heavy atom. The molecule has 2 heterocycles. The Morgan fingerprint density at radius 3 is 2.95 bits per heavy atom. The van der Waals surface area contributed by atoms with Gasteiger partial charge in [-0.3, -0.25) is 0 Å². The summed E-state index contributed by atoms with van der Waals surface area (Å²) in [5.41, 5.74) is 0. The molecule has 1 aliphatic rings. The summed E-state index contributed by atoms with van der Waals surface area (Å²) in [5, 5.41) is 0. The van der Waals surface area contributed by atoms with Crippen LogP contribution in [-0.4, -0.2) is 40.9 Å². The SMILES string of the molecule is CCOc1ncnc(N[S+]([O-])NCC2CCOCC2)c1Br. The van der Waals surface area contributed by atoms with Crippen LogP contribution in [0.15, 0.2) is 10.8 Å². The van der Waals surface area contributed by atoms with Crippen molar-refractivity contribution < 1.29 is 14.0 Å². The molecule has 7 nitrogen and oxygen atoms in total. The van der Waals surface area contributed by atoms with E-state index in [1.807, 2.05) is 6.92 Å². The lowest BCUT2D eigenvalue weighted by Gasteiger charge is -2.22. The van der Waals surface area contributed by atoms with Crippen LogP contribution in [0.25, 0.3) is 0 Å². The van der Waals surface area contributed by atoms with Gasteiger partial charge in [-0.15, -0.1) is 4.72 Å². The molecular weight excluding hydrogens is 360 g/mol. The second-order valence-corrected chi connectivity index (χ2v) is 6.37. The van der Waals surface area contributed by atoms with E-state index in [9.17, 15) is 4.55 Å². The average Bonchev–Trinajstić information content (AvgIpc) is 2.50. The lowest BCUT2D eigenvalue weighted by molar-refractivity contribution is 0.0678. The Labute approximate surface area is 135 Å². The minimum atomic E-state index is -1.41. The van der Waals surface area contributed by atoms with E-state index in [0.29, 0.717) is 35.2 Å². The van der Waals surface area contributed by atoms with Crippen LogP contribution in [0.1, 0.15) is 19.8 Å². The lowest BCUT2D eigenvalue weighted by Crippen LogP contribution is -2.36. The summed E-state index contributed by atoms with van der Waals surface area (Å²) in [6.07, 6.45) is 3.36. The molecule has 1 unspecified atom stereocenters. The summed E-state index contributed by atoms with van der Waals surface area (Å²) < 4.78 is 29.0. The number of halogens is 1. The molecule has 1 saturated heterocycles. The second kappa shape index (κ2) is 8.74. The maximum Gasteiger partial charge on any atom is 0.233 e. The molecule has 1 aliphatic heterocycles. The van der Waals surface area contributed by atoms with Crippen molar-refractivity contribution in [2.45, 2.75) is 19.8 Å². The van der Waals surface area contributed by atoms with Gasteiger partial charge in [0, 0.05) is 19.8 Å². The zero-order valence-corrected chi connectivity index (χ0v) is 14.2. The standard InChI is InChI=1S/C12H19BrN4O3S/c1-2-20-12-10(13)11(14-8-15-12)17-21(18)16-7-9-3-5-19-6-4-9/h8-9,16H,2-7H2,1H3,(H,14,15,17). The van der Waals surface area contributed by atoms with E-state index in [-0.39, 0.29) is 0 Å². The summed E-state index contributed by atoms with van der Waals surface area (Å²) >= 11 is 1.94. The highest BCUT2D eigenvalue weighted by Gasteiger charge is 2.19. The quantitative estimate of drug-likeness (QED) is 0.696. The normalized spacial score (nSPS) is 17.5. The largest absolute Gasteiger partial charge is 0.574 e. The molecule has 0 aromatic carbocycles. The Balaban J connectivity index is 1.84. The van der Waals surface area contributed by atoms with Crippen LogP contribution in [0.4, 0.5) is 5.82 Å². The van der Waals surface area contributed by atoms with Gasteiger partial charge in [0.2, 0.25) is 5.88 Å². The number of aromatic nitrogens is 2. The molecule has 118 valence electrons. The van der Waals surface area contributed by atoms with Gasteiger partial charge in [0.25, 0.3) is 0 Å². The van der Waals surface area contributed by atoms with E-state index in [2.05, 4.69) is 35.3 Å². The van der Waals surface area contributed by atoms with Gasteiger partial charge in [0.1, 0.15) is 10.8 Å². The third-order valence-corrected chi connectivity index (χ3v) is 4.59. The first-order valence-electron chi connectivity index (χ1n) is 6.83. The van der Waals surface area contributed by atoms with Crippen molar-refractivity contribution in [1.29, 1.82) is 0 Å². The molecule has 1 aromatic heterocycles. The van der Waals surface area contributed by atoms with Crippen molar-refractivity contribution in [2.75, 3.05) is 31.1 Å². The number of ether oxygens (including phenoxy) is 2. The zero-order chi connectivity index (χ0) is 15.1. The summed E-state index contributed by atoms with van der Waals surface area (Å²) in [7, 11) is 0. The van der Waals surface area contributed by atoms with Crippen molar-refractivity contribution in [3.63, 3.8) is 0 Å². The molecule has 2 rings (SSSR count). The molecule has 1 aromatic rings. The van der Waals surface area contributed by atoms with Crippen LogP contribution in [-0.2, 0) is 16.3 Å². The third kappa shape index (κ3) is 5.26. The van der Waals surface area contributed by atoms with Gasteiger partial charge in [-0.1, -0.05) is 0 Å². The van der Waals surface area contributed by atoms with E-state index in [1.165, 1.54) is 6.33 Å². The highest BCUT2D eigenvalue weighted by molar-refractivity contribution is 9.10. The number of nitrogens with one attached hydrogen (secondary N) is 2. The Hall–Kier alpha value is -0.610. The van der Waals surface area contributed by atoms with Crippen LogP contribution < -0.4 is 14.2 Å². The Kier molecular flexibility index (Phi) is 6.97.